The first-order valence-corrected chi connectivity index (χ1v) is 7.24. The van der Waals surface area contributed by atoms with Gasteiger partial charge in [0.1, 0.15) is 0 Å². The van der Waals surface area contributed by atoms with Gasteiger partial charge in [-0.25, -0.2) is 4.79 Å². The van der Waals surface area contributed by atoms with E-state index in [9.17, 15) is 4.79 Å². The molecule has 3 nitrogen and oxygen atoms in total. The number of carbonyl (C=O) groups excluding carboxylic acids is 1. The Morgan fingerprint density at radius 2 is 1.81 bits per heavy atom. The molecule has 0 heterocycles. The highest BCUT2D eigenvalue weighted by Crippen LogP contribution is 2.16. The second-order valence-electron chi connectivity index (χ2n) is 5.10. The van der Waals surface area contributed by atoms with Crippen LogP contribution < -0.4 is 5.73 Å². The molecule has 3 heteroatoms. The number of ether oxygens (including phenoxy) is 1. The topological polar surface area (TPSA) is 52.3 Å². The number of hydrogen-bond acceptors (Lipinski definition) is 3. The molecule has 0 radical (unpaired) electrons. The molecule has 110 valence electrons. The van der Waals surface area contributed by atoms with Crippen molar-refractivity contribution in [1.29, 1.82) is 0 Å². The van der Waals surface area contributed by atoms with Gasteiger partial charge in [0.25, 0.3) is 0 Å². The number of nitrogens with two attached hydrogens (primary N) is 1. The fourth-order valence-corrected chi connectivity index (χ4v) is 2.19. The molecule has 0 spiro atoms. The van der Waals surface area contributed by atoms with Gasteiger partial charge in [-0.1, -0.05) is 36.4 Å². The first-order chi connectivity index (χ1) is 10.2. The van der Waals surface area contributed by atoms with Gasteiger partial charge in [0, 0.05) is 5.69 Å². The summed E-state index contributed by atoms with van der Waals surface area (Å²) >= 11 is 0. The quantitative estimate of drug-likeness (QED) is 0.499. The highest BCUT2D eigenvalue weighted by atomic mass is 16.5. The van der Waals surface area contributed by atoms with Crippen LogP contribution in [0.25, 0.3) is 0 Å². The van der Waals surface area contributed by atoms with Crippen LogP contribution in [0.1, 0.15) is 34.3 Å². The number of hydrogen-bond donors (Lipinski definition) is 1. The molecule has 2 aromatic rings. The average Bonchev–Trinajstić information content (AvgIpc) is 2.50. The van der Waals surface area contributed by atoms with Gasteiger partial charge in [0.2, 0.25) is 0 Å². The molecular weight excluding hydrogens is 262 g/mol. The molecule has 2 rings (SSSR count). The van der Waals surface area contributed by atoms with Crippen molar-refractivity contribution in [3.8, 4) is 0 Å². The van der Waals surface area contributed by atoms with Crippen LogP contribution in [0.15, 0.2) is 48.5 Å². The van der Waals surface area contributed by atoms with E-state index in [0.717, 1.165) is 24.8 Å². The van der Waals surface area contributed by atoms with Crippen molar-refractivity contribution in [3.63, 3.8) is 0 Å². The highest BCUT2D eigenvalue weighted by molar-refractivity contribution is 5.92. The van der Waals surface area contributed by atoms with Crippen LogP contribution in [-0.4, -0.2) is 12.6 Å². The van der Waals surface area contributed by atoms with Crippen molar-refractivity contribution < 1.29 is 9.53 Å². The summed E-state index contributed by atoms with van der Waals surface area (Å²) in [5.74, 6) is -0.292. The number of unbranched alkanes of at least 4 members (excludes halogenated alkanes) is 1. The number of esters is 1. The monoisotopic (exact) mass is 283 g/mol. The van der Waals surface area contributed by atoms with E-state index in [1.807, 2.05) is 25.1 Å². The Hall–Kier alpha value is -2.29. The minimum atomic E-state index is -0.292. The molecule has 0 amide bonds. The number of rotatable bonds is 6. The maximum Gasteiger partial charge on any atom is 0.338 e. The van der Waals surface area contributed by atoms with Crippen LogP contribution >= 0.6 is 0 Å². The Morgan fingerprint density at radius 3 is 2.57 bits per heavy atom. The van der Waals surface area contributed by atoms with Crippen LogP contribution in [0.5, 0.6) is 0 Å². The van der Waals surface area contributed by atoms with Crippen LogP contribution in [0.2, 0.25) is 0 Å². The van der Waals surface area contributed by atoms with E-state index in [4.69, 9.17) is 10.5 Å². The zero-order chi connectivity index (χ0) is 15.1. The van der Waals surface area contributed by atoms with Gasteiger partial charge < -0.3 is 10.5 Å². The van der Waals surface area contributed by atoms with Crippen molar-refractivity contribution in [3.05, 3.63) is 65.2 Å². The van der Waals surface area contributed by atoms with Crippen molar-refractivity contribution in [2.75, 3.05) is 12.3 Å². The van der Waals surface area contributed by atoms with Gasteiger partial charge >= 0.3 is 5.97 Å². The molecule has 0 aromatic heterocycles. The van der Waals surface area contributed by atoms with Crippen LogP contribution in [0.4, 0.5) is 5.69 Å². The molecule has 0 saturated heterocycles. The van der Waals surface area contributed by atoms with E-state index >= 15 is 0 Å². The Bertz CT molecular complexity index is 593. The summed E-state index contributed by atoms with van der Waals surface area (Å²) in [5.41, 5.74) is 9.06. The normalized spacial score (nSPS) is 10.3. The average molecular weight is 283 g/mol. The maximum atomic E-state index is 12.0. The van der Waals surface area contributed by atoms with E-state index in [1.165, 1.54) is 5.56 Å². The number of anilines is 1. The third-order valence-corrected chi connectivity index (χ3v) is 3.53. The number of carbonyl (C=O) groups is 1. The highest BCUT2D eigenvalue weighted by Gasteiger charge is 2.11. The zero-order valence-electron chi connectivity index (χ0n) is 12.3. The van der Waals surface area contributed by atoms with Crippen molar-refractivity contribution in [1.82, 2.24) is 0 Å². The first kappa shape index (κ1) is 15.1. The summed E-state index contributed by atoms with van der Waals surface area (Å²) in [6.07, 6.45) is 2.88. The lowest BCUT2D eigenvalue weighted by Crippen LogP contribution is -2.09. The van der Waals surface area contributed by atoms with Crippen LogP contribution in [0.3, 0.4) is 0 Å². The minimum absolute atomic E-state index is 0.292. The second-order valence-corrected chi connectivity index (χ2v) is 5.10. The van der Waals surface area contributed by atoms with E-state index in [-0.39, 0.29) is 5.97 Å². The second kappa shape index (κ2) is 7.48. The van der Waals surface area contributed by atoms with E-state index in [1.54, 1.807) is 18.2 Å². The molecule has 0 bridgehead atoms. The Balaban J connectivity index is 1.73. The Labute approximate surface area is 125 Å². The van der Waals surface area contributed by atoms with Crippen molar-refractivity contribution >= 4 is 11.7 Å². The fraction of sp³-hybridized carbons (Fsp3) is 0.278. The lowest BCUT2D eigenvalue weighted by atomic mass is 10.1. The van der Waals surface area contributed by atoms with E-state index in [2.05, 4.69) is 12.1 Å². The SMILES string of the molecule is Cc1c(N)cccc1C(=O)OCCCCc1ccccc1. The van der Waals surface area contributed by atoms with Gasteiger partial charge in [-0.3, -0.25) is 0 Å². The van der Waals surface area contributed by atoms with Crippen molar-refractivity contribution in [2.24, 2.45) is 0 Å². The molecule has 0 atom stereocenters. The van der Waals surface area contributed by atoms with Gasteiger partial charge in [-0.2, -0.15) is 0 Å². The molecule has 0 unspecified atom stereocenters. The predicted molar refractivity (Wildman–Crippen MR) is 85.3 cm³/mol. The maximum absolute atomic E-state index is 12.0. The molecule has 0 saturated carbocycles. The fourth-order valence-electron chi connectivity index (χ4n) is 2.19. The predicted octanol–water partition coefficient (Wildman–Crippen LogP) is 3.76. The lowest BCUT2D eigenvalue weighted by Gasteiger charge is -2.08. The largest absolute Gasteiger partial charge is 0.462 e. The Kier molecular flexibility index (Phi) is 5.38. The first-order valence-electron chi connectivity index (χ1n) is 7.24. The third kappa shape index (κ3) is 4.35. The molecule has 0 aliphatic heterocycles. The molecule has 0 aliphatic rings. The molecule has 2 N–H and O–H groups in total. The van der Waals surface area contributed by atoms with Gasteiger partial charge in [-0.05, 0) is 49.4 Å². The summed E-state index contributed by atoms with van der Waals surface area (Å²) in [4.78, 5) is 12.0. The standard InChI is InChI=1S/C18H21NO2/c1-14-16(11-7-12-17(14)19)18(20)21-13-6-5-10-15-8-3-2-4-9-15/h2-4,7-9,11-12H,5-6,10,13,19H2,1H3. The van der Waals surface area contributed by atoms with Gasteiger partial charge in [-0.15, -0.1) is 0 Å². The van der Waals surface area contributed by atoms with Gasteiger partial charge in [0.05, 0.1) is 12.2 Å². The third-order valence-electron chi connectivity index (χ3n) is 3.53. The number of nitrogen functional groups attached to an aromatic ring is 1. The summed E-state index contributed by atoms with van der Waals surface area (Å²) in [5, 5.41) is 0. The number of benzene rings is 2. The lowest BCUT2D eigenvalue weighted by molar-refractivity contribution is 0.0497. The molecular formula is C18H21NO2. The molecule has 21 heavy (non-hydrogen) atoms. The van der Waals surface area contributed by atoms with Crippen molar-refractivity contribution in [2.45, 2.75) is 26.2 Å². The zero-order valence-corrected chi connectivity index (χ0v) is 12.3. The number of aryl methyl sites for hydroxylation is 1. The van der Waals surface area contributed by atoms with Gasteiger partial charge in [0.15, 0.2) is 0 Å². The summed E-state index contributed by atoms with van der Waals surface area (Å²) in [6, 6.07) is 15.6. The van der Waals surface area contributed by atoms with Crippen LogP contribution in [0, 0.1) is 6.92 Å². The smallest absolute Gasteiger partial charge is 0.338 e. The molecule has 0 aliphatic carbocycles. The van der Waals surface area contributed by atoms with Crippen LogP contribution in [-0.2, 0) is 11.2 Å². The molecule has 0 fully saturated rings. The Morgan fingerprint density at radius 1 is 1.05 bits per heavy atom. The summed E-state index contributed by atoms with van der Waals surface area (Å²) < 4.78 is 5.31. The van der Waals surface area contributed by atoms with E-state index < -0.39 is 0 Å². The molecule has 2 aromatic carbocycles. The minimum Gasteiger partial charge on any atom is -0.462 e. The summed E-state index contributed by atoms with van der Waals surface area (Å²) in [7, 11) is 0. The van der Waals surface area contributed by atoms with E-state index in [0.29, 0.717) is 17.9 Å². The summed E-state index contributed by atoms with van der Waals surface area (Å²) in [6.45, 7) is 2.28.